The number of aliphatic hydroxyl groups excluding tert-OH is 1. The molecule has 0 saturated carbocycles. The van der Waals surface area contributed by atoms with Crippen LogP contribution >= 0.6 is 0 Å². The molecule has 0 unspecified atom stereocenters. The molecule has 0 saturated heterocycles. The fourth-order valence-electron chi connectivity index (χ4n) is 0.348. The molecule has 0 aromatic rings. The van der Waals surface area contributed by atoms with E-state index in [1.165, 1.54) is 0 Å². The zero-order valence-corrected chi connectivity index (χ0v) is 4.89. The van der Waals surface area contributed by atoms with E-state index in [0.29, 0.717) is 6.42 Å². The van der Waals surface area contributed by atoms with Gasteiger partial charge >= 0.3 is 43.7 Å². The van der Waals surface area contributed by atoms with Crippen LogP contribution in [0.1, 0.15) is 19.8 Å². The SMILES string of the molecule is CCCC(=O)OCO.[CaH2]. The molecule has 0 aromatic heterocycles. The third-order valence-electron chi connectivity index (χ3n) is 0.680. The average Bonchev–Trinajstić information content (AvgIpc) is 1.68. The van der Waals surface area contributed by atoms with Crippen LogP contribution in [0, 0.1) is 0 Å². The topological polar surface area (TPSA) is 46.5 Å². The molecule has 0 rings (SSSR count). The number of esters is 1. The van der Waals surface area contributed by atoms with Gasteiger partial charge in [-0.1, -0.05) is 6.92 Å². The van der Waals surface area contributed by atoms with Crippen molar-refractivity contribution in [2.45, 2.75) is 19.8 Å². The Bertz CT molecular complexity index is 66.6. The molecular formula is C5H12CaO3. The van der Waals surface area contributed by atoms with E-state index in [-0.39, 0.29) is 43.7 Å². The van der Waals surface area contributed by atoms with E-state index < -0.39 is 6.79 Å². The van der Waals surface area contributed by atoms with Crippen molar-refractivity contribution in [2.75, 3.05) is 6.79 Å². The second-order valence-electron chi connectivity index (χ2n) is 1.40. The van der Waals surface area contributed by atoms with Gasteiger partial charge in [-0.15, -0.1) is 0 Å². The predicted molar refractivity (Wildman–Crippen MR) is 36.6 cm³/mol. The number of carbonyl (C=O) groups is 1. The van der Waals surface area contributed by atoms with Gasteiger partial charge in [0, 0.05) is 6.42 Å². The van der Waals surface area contributed by atoms with Crippen molar-refractivity contribution in [3.63, 3.8) is 0 Å². The van der Waals surface area contributed by atoms with Gasteiger partial charge in [0.25, 0.3) is 0 Å². The Hall–Kier alpha value is 0.690. The summed E-state index contributed by atoms with van der Waals surface area (Å²) in [5, 5.41) is 8.02. The Morgan fingerprint density at radius 2 is 2.22 bits per heavy atom. The molecule has 3 nitrogen and oxygen atoms in total. The van der Waals surface area contributed by atoms with Gasteiger partial charge in [0.2, 0.25) is 0 Å². The molecule has 52 valence electrons. The Labute approximate surface area is 84.4 Å². The first kappa shape index (κ1) is 12.4. The molecule has 0 heterocycles. The predicted octanol–water partition coefficient (Wildman–Crippen LogP) is -0.637. The summed E-state index contributed by atoms with van der Waals surface area (Å²) in [6.45, 7) is 1.37. The van der Waals surface area contributed by atoms with E-state index in [4.69, 9.17) is 5.11 Å². The molecule has 9 heavy (non-hydrogen) atoms. The molecule has 0 aromatic carbocycles. The molecule has 0 aliphatic carbocycles. The Morgan fingerprint density at radius 3 is 2.56 bits per heavy atom. The fourth-order valence-corrected chi connectivity index (χ4v) is 0.348. The number of hydrogen-bond acceptors (Lipinski definition) is 3. The summed E-state index contributed by atoms with van der Waals surface area (Å²) in [5.41, 5.74) is 0. The van der Waals surface area contributed by atoms with Crippen molar-refractivity contribution in [1.29, 1.82) is 0 Å². The summed E-state index contributed by atoms with van der Waals surface area (Å²) in [5.74, 6) is -0.338. The van der Waals surface area contributed by atoms with Crippen molar-refractivity contribution in [3.8, 4) is 0 Å². The maximum atomic E-state index is 10.3. The van der Waals surface area contributed by atoms with Crippen LogP contribution < -0.4 is 0 Å². The third kappa shape index (κ3) is 8.69. The van der Waals surface area contributed by atoms with Crippen molar-refractivity contribution in [2.24, 2.45) is 0 Å². The quantitative estimate of drug-likeness (QED) is 0.339. The van der Waals surface area contributed by atoms with E-state index in [1.807, 2.05) is 6.92 Å². The number of hydrogen-bond donors (Lipinski definition) is 1. The van der Waals surface area contributed by atoms with Crippen LogP contribution in [0.2, 0.25) is 0 Å². The summed E-state index contributed by atoms with van der Waals surface area (Å²) < 4.78 is 4.20. The summed E-state index contributed by atoms with van der Waals surface area (Å²) >= 11 is 0. The molecule has 0 amide bonds. The van der Waals surface area contributed by atoms with Gasteiger partial charge in [-0.05, 0) is 6.42 Å². The van der Waals surface area contributed by atoms with Gasteiger partial charge in [0.15, 0.2) is 6.79 Å². The molecule has 0 aliphatic rings. The number of ether oxygens (including phenoxy) is 1. The van der Waals surface area contributed by atoms with E-state index in [1.54, 1.807) is 0 Å². The fraction of sp³-hybridized carbons (Fsp3) is 0.800. The van der Waals surface area contributed by atoms with Crippen LogP contribution in [0.4, 0.5) is 0 Å². The van der Waals surface area contributed by atoms with Crippen molar-refractivity contribution < 1.29 is 14.6 Å². The molecule has 4 heteroatoms. The van der Waals surface area contributed by atoms with Gasteiger partial charge in [-0.3, -0.25) is 4.79 Å². The van der Waals surface area contributed by atoms with E-state index >= 15 is 0 Å². The molecular weight excluding hydrogens is 148 g/mol. The van der Waals surface area contributed by atoms with Crippen LogP contribution in [0.15, 0.2) is 0 Å². The van der Waals surface area contributed by atoms with Crippen LogP contribution in [0.25, 0.3) is 0 Å². The third-order valence-corrected chi connectivity index (χ3v) is 0.680. The number of aliphatic hydroxyl groups is 1. The summed E-state index contributed by atoms with van der Waals surface area (Å²) in [6, 6.07) is 0. The van der Waals surface area contributed by atoms with Gasteiger partial charge < -0.3 is 9.84 Å². The zero-order chi connectivity index (χ0) is 6.41. The average molecular weight is 160 g/mol. The van der Waals surface area contributed by atoms with Crippen molar-refractivity contribution >= 4 is 43.7 Å². The first-order valence-electron chi connectivity index (χ1n) is 2.57. The van der Waals surface area contributed by atoms with Crippen LogP contribution in [0.5, 0.6) is 0 Å². The Morgan fingerprint density at radius 1 is 1.67 bits per heavy atom. The van der Waals surface area contributed by atoms with Crippen LogP contribution in [-0.2, 0) is 9.53 Å². The summed E-state index contributed by atoms with van der Waals surface area (Å²) in [6.07, 6.45) is 1.15. The Kier molecular flexibility index (Phi) is 11.9. The molecule has 0 radical (unpaired) electrons. The van der Waals surface area contributed by atoms with Gasteiger partial charge in [0.05, 0.1) is 0 Å². The Balaban J connectivity index is 0. The summed E-state index contributed by atoms with van der Waals surface area (Å²) in [4.78, 5) is 10.3. The molecule has 0 fully saturated rings. The van der Waals surface area contributed by atoms with E-state index in [9.17, 15) is 4.79 Å². The normalized spacial score (nSPS) is 7.78. The van der Waals surface area contributed by atoms with E-state index in [0.717, 1.165) is 6.42 Å². The zero-order valence-electron chi connectivity index (χ0n) is 4.89. The summed E-state index contributed by atoms with van der Waals surface area (Å²) in [7, 11) is 0. The first-order chi connectivity index (χ1) is 3.81. The molecule has 1 N–H and O–H groups in total. The van der Waals surface area contributed by atoms with Crippen LogP contribution in [-0.4, -0.2) is 55.6 Å². The molecule has 0 spiro atoms. The second kappa shape index (κ2) is 8.69. The molecule has 0 bridgehead atoms. The van der Waals surface area contributed by atoms with Gasteiger partial charge in [-0.2, -0.15) is 0 Å². The van der Waals surface area contributed by atoms with Crippen molar-refractivity contribution in [3.05, 3.63) is 0 Å². The second-order valence-corrected chi connectivity index (χ2v) is 1.40. The number of rotatable bonds is 3. The minimum atomic E-state index is -0.501. The number of carbonyl (C=O) groups excluding carboxylic acids is 1. The molecule has 0 aliphatic heterocycles. The maximum absolute atomic E-state index is 10.3. The first-order valence-corrected chi connectivity index (χ1v) is 2.57. The van der Waals surface area contributed by atoms with Crippen molar-refractivity contribution in [1.82, 2.24) is 0 Å². The van der Waals surface area contributed by atoms with E-state index in [2.05, 4.69) is 4.74 Å². The minimum absolute atomic E-state index is 0. The molecule has 0 atom stereocenters. The van der Waals surface area contributed by atoms with Gasteiger partial charge in [-0.25, -0.2) is 0 Å². The van der Waals surface area contributed by atoms with Crippen LogP contribution in [0.3, 0.4) is 0 Å². The monoisotopic (exact) mass is 160 g/mol. The van der Waals surface area contributed by atoms with Gasteiger partial charge in [0.1, 0.15) is 0 Å². The standard InChI is InChI=1S/C5H10O3.Ca.2H/c1-2-3-5(7)8-4-6;;;/h6H,2-4H2,1H3;;;.